The van der Waals surface area contributed by atoms with Crippen LogP contribution >= 0.6 is 11.3 Å². The van der Waals surface area contributed by atoms with Crippen LogP contribution < -0.4 is 10.2 Å². The molecule has 0 aliphatic carbocycles. The van der Waals surface area contributed by atoms with Gasteiger partial charge in [-0.25, -0.2) is 9.87 Å². The molecule has 3 rings (SSSR count). The number of hydrogen-bond donors (Lipinski definition) is 3. The van der Waals surface area contributed by atoms with Crippen molar-refractivity contribution < 1.29 is 22.8 Å². The largest absolute Gasteiger partial charge is 0.289 e. The maximum Gasteiger partial charge on any atom is 0.280 e. The van der Waals surface area contributed by atoms with Crippen LogP contribution in [0.1, 0.15) is 16.9 Å². The third kappa shape index (κ3) is 5.03. The van der Waals surface area contributed by atoms with Crippen LogP contribution in [-0.4, -0.2) is 43.0 Å². The number of nitrogens with one attached hydrogen (secondary N) is 2. The molecule has 0 bridgehead atoms. The zero-order valence-electron chi connectivity index (χ0n) is 14.8. The summed E-state index contributed by atoms with van der Waals surface area (Å²) in [6, 6.07) is 8.51. The standard InChI is InChI=1S/C18H20FN3O4S2/c19-15-5-3-13(4-6-15)14-7-9-22(10-8-14)28(25,26)21-17(18(23)20-24)12-16-2-1-11-27-16/h1-7,11,17,21,24H,8-10,12H2,(H,20,23)/t17-/m1/s1. The van der Waals surface area contributed by atoms with Crippen LogP contribution in [0.5, 0.6) is 0 Å². The van der Waals surface area contributed by atoms with Crippen molar-refractivity contribution in [1.82, 2.24) is 14.5 Å². The quantitative estimate of drug-likeness (QED) is 0.466. The second kappa shape index (κ2) is 8.93. The van der Waals surface area contributed by atoms with Crippen LogP contribution in [0.15, 0.2) is 47.9 Å². The van der Waals surface area contributed by atoms with Gasteiger partial charge in [-0.05, 0) is 41.1 Å². The van der Waals surface area contributed by atoms with Gasteiger partial charge in [0.15, 0.2) is 0 Å². The number of carbonyl (C=O) groups excluding carboxylic acids is 1. The lowest BCUT2D eigenvalue weighted by atomic mass is 10.0. The minimum atomic E-state index is -3.94. The Balaban J connectivity index is 1.69. The topological polar surface area (TPSA) is 98.7 Å². The van der Waals surface area contributed by atoms with Crippen LogP contribution in [0.25, 0.3) is 5.57 Å². The summed E-state index contributed by atoms with van der Waals surface area (Å²) in [5.74, 6) is -1.15. The molecule has 2 heterocycles. The van der Waals surface area contributed by atoms with Gasteiger partial charge in [-0.1, -0.05) is 24.3 Å². The molecule has 2 aromatic rings. The van der Waals surface area contributed by atoms with E-state index in [2.05, 4.69) is 4.72 Å². The van der Waals surface area contributed by atoms with Crippen LogP contribution in [0.4, 0.5) is 4.39 Å². The van der Waals surface area contributed by atoms with E-state index in [4.69, 9.17) is 5.21 Å². The molecule has 0 fully saturated rings. The van der Waals surface area contributed by atoms with Crippen molar-refractivity contribution in [2.75, 3.05) is 13.1 Å². The van der Waals surface area contributed by atoms with Crippen molar-refractivity contribution in [3.63, 3.8) is 0 Å². The predicted octanol–water partition coefficient (Wildman–Crippen LogP) is 1.93. The molecule has 1 aliphatic rings. The number of carbonyl (C=O) groups is 1. The summed E-state index contributed by atoms with van der Waals surface area (Å²) in [6.45, 7) is 0.361. The first-order chi connectivity index (χ1) is 13.4. The summed E-state index contributed by atoms with van der Waals surface area (Å²) in [4.78, 5) is 12.7. The van der Waals surface area contributed by atoms with Gasteiger partial charge in [0.05, 0.1) is 0 Å². The fourth-order valence-electron chi connectivity index (χ4n) is 2.94. The number of benzene rings is 1. The fourth-order valence-corrected chi connectivity index (χ4v) is 5.00. The fraction of sp³-hybridized carbons (Fsp3) is 0.278. The molecule has 150 valence electrons. The second-order valence-electron chi connectivity index (χ2n) is 6.28. The summed E-state index contributed by atoms with van der Waals surface area (Å²) in [6.07, 6.45) is 2.37. The molecule has 10 heteroatoms. The minimum Gasteiger partial charge on any atom is -0.289 e. The normalized spacial score (nSPS) is 16.4. The van der Waals surface area contributed by atoms with E-state index in [-0.39, 0.29) is 25.3 Å². The molecule has 0 radical (unpaired) electrons. The number of hydroxylamine groups is 1. The Morgan fingerprint density at radius 1 is 1.29 bits per heavy atom. The van der Waals surface area contributed by atoms with Crippen molar-refractivity contribution in [2.24, 2.45) is 0 Å². The maximum absolute atomic E-state index is 13.1. The molecule has 1 aromatic heterocycles. The Labute approximate surface area is 166 Å². The zero-order chi connectivity index (χ0) is 20.1. The highest BCUT2D eigenvalue weighted by molar-refractivity contribution is 7.87. The molecule has 1 amide bonds. The average Bonchev–Trinajstić information content (AvgIpc) is 3.20. The van der Waals surface area contributed by atoms with Gasteiger partial charge in [0.1, 0.15) is 11.9 Å². The molecular formula is C18H20FN3O4S2. The van der Waals surface area contributed by atoms with Crippen LogP contribution in [0, 0.1) is 5.82 Å². The lowest BCUT2D eigenvalue weighted by molar-refractivity contribution is -0.130. The molecule has 1 atom stereocenters. The highest BCUT2D eigenvalue weighted by Crippen LogP contribution is 2.24. The number of thiophene rings is 1. The van der Waals surface area contributed by atoms with Crippen molar-refractivity contribution >= 4 is 33.0 Å². The first-order valence-electron chi connectivity index (χ1n) is 8.58. The highest BCUT2D eigenvalue weighted by Gasteiger charge is 2.30. The molecule has 0 saturated carbocycles. The summed E-state index contributed by atoms with van der Waals surface area (Å²) < 4.78 is 42.1. The van der Waals surface area contributed by atoms with Crippen molar-refractivity contribution in [3.05, 3.63) is 64.1 Å². The first kappa shape index (κ1) is 20.6. The Kier molecular flexibility index (Phi) is 6.57. The number of rotatable bonds is 7. The van der Waals surface area contributed by atoms with Crippen molar-refractivity contribution in [3.8, 4) is 0 Å². The number of hydrogen-bond acceptors (Lipinski definition) is 5. The Morgan fingerprint density at radius 2 is 2.04 bits per heavy atom. The summed E-state index contributed by atoms with van der Waals surface area (Å²) >= 11 is 1.39. The van der Waals surface area contributed by atoms with Gasteiger partial charge < -0.3 is 0 Å². The Bertz CT molecular complexity index is 944. The van der Waals surface area contributed by atoms with Gasteiger partial charge in [0.25, 0.3) is 16.1 Å². The predicted molar refractivity (Wildman–Crippen MR) is 104 cm³/mol. The van der Waals surface area contributed by atoms with Crippen LogP contribution in [0.3, 0.4) is 0 Å². The highest BCUT2D eigenvalue weighted by atomic mass is 32.2. The van der Waals surface area contributed by atoms with Crippen LogP contribution in [0.2, 0.25) is 0 Å². The average molecular weight is 426 g/mol. The van der Waals surface area contributed by atoms with E-state index >= 15 is 0 Å². The van der Waals surface area contributed by atoms with Crippen LogP contribution in [-0.2, 0) is 21.4 Å². The third-order valence-corrected chi connectivity index (χ3v) is 6.92. The smallest absolute Gasteiger partial charge is 0.280 e. The van der Waals surface area contributed by atoms with Gasteiger partial charge in [-0.3, -0.25) is 10.0 Å². The molecule has 0 spiro atoms. The number of amides is 1. The Morgan fingerprint density at radius 3 is 2.61 bits per heavy atom. The molecule has 1 aromatic carbocycles. The minimum absolute atomic E-state index is 0.133. The maximum atomic E-state index is 13.1. The summed E-state index contributed by atoms with van der Waals surface area (Å²) in [7, 11) is -3.94. The van der Waals surface area contributed by atoms with E-state index in [9.17, 15) is 17.6 Å². The van der Waals surface area contributed by atoms with Gasteiger partial charge in [0.2, 0.25) is 0 Å². The lowest BCUT2D eigenvalue weighted by Gasteiger charge is -2.28. The first-order valence-corrected chi connectivity index (χ1v) is 10.9. The molecular weight excluding hydrogens is 405 g/mol. The number of nitrogens with zero attached hydrogens (tertiary/aromatic N) is 1. The van der Waals surface area contributed by atoms with E-state index in [1.54, 1.807) is 30.3 Å². The zero-order valence-corrected chi connectivity index (χ0v) is 16.5. The number of halogens is 1. The van der Waals surface area contributed by atoms with E-state index in [1.165, 1.54) is 33.3 Å². The Hall–Kier alpha value is -2.11. The third-order valence-electron chi connectivity index (χ3n) is 4.43. The van der Waals surface area contributed by atoms with Crippen molar-refractivity contribution in [1.29, 1.82) is 0 Å². The summed E-state index contributed by atoms with van der Waals surface area (Å²) in [5.41, 5.74) is 3.30. The van der Waals surface area contributed by atoms with Gasteiger partial charge in [0, 0.05) is 24.4 Å². The molecule has 1 aliphatic heterocycles. The van der Waals surface area contributed by atoms with Gasteiger partial charge >= 0.3 is 0 Å². The molecule has 7 nitrogen and oxygen atoms in total. The van der Waals surface area contributed by atoms with E-state index in [0.29, 0.717) is 6.42 Å². The van der Waals surface area contributed by atoms with E-state index in [0.717, 1.165) is 16.0 Å². The van der Waals surface area contributed by atoms with Gasteiger partial charge in [-0.2, -0.15) is 17.4 Å². The molecule has 0 saturated heterocycles. The lowest BCUT2D eigenvalue weighted by Crippen LogP contribution is -2.52. The van der Waals surface area contributed by atoms with Crippen molar-refractivity contribution in [2.45, 2.75) is 18.9 Å². The van der Waals surface area contributed by atoms with Gasteiger partial charge in [-0.15, -0.1) is 11.3 Å². The van der Waals surface area contributed by atoms with E-state index < -0.39 is 22.2 Å². The molecule has 28 heavy (non-hydrogen) atoms. The molecule has 3 N–H and O–H groups in total. The molecule has 0 unspecified atom stereocenters. The second-order valence-corrected chi connectivity index (χ2v) is 9.01. The van der Waals surface area contributed by atoms with E-state index in [1.807, 2.05) is 5.38 Å². The summed E-state index contributed by atoms with van der Waals surface area (Å²) in [5, 5.41) is 10.8. The monoisotopic (exact) mass is 425 g/mol. The SMILES string of the molecule is O=C(NO)[C@@H](Cc1cccs1)NS(=O)(=O)N1CC=C(c2ccc(F)cc2)CC1.